The van der Waals surface area contributed by atoms with Crippen LogP contribution in [0.4, 0.5) is 13.2 Å². The van der Waals surface area contributed by atoms with Gasteiger partial charge in [-0.1, -0.05) is 12.1 Å². The molecule has 9 heteroatoms. The Morgan fingerprint density at radius 3 is 2.41 bits per heavy atom. The van der Waals surface area contributed by atoms with Crippen molar-refractivity contribution in [1.29, 1.82) is 0 Å². The van der Waals surface area contributed by atoms with E-state index in [1.165, 1.54) is 11.0 Å². The van der Waals surface area contributed by atoms with Gasteiger partial charge in [-0.3, -0.25) is 4.90 Å². The maximum atomic E-state index is 13.5. The molecule has 1 saturated heterocycles. The number of hydrogen-bond donors (Lipinski definition) is 1. The fourth-order valence-corrected chi connectivity index (χ4v) is 2.69. The SMILES string of the molecule is Cl.Cl.FC(F)(F)[C@@H](c1cccc2c1OCO2)N1CCNCC1. The number of halogens is 5. The van der Waals surface area contributed by atoms with Crippen molar-refractivity contribution < 1.29 is 22.6 Å². The third-order valence-corrected chi connectivity index (χ3v) is 3.55. The molecule has 1 aromatic carbocycles. The first-order valence-corrected chi connectivity index (χ1v) is 6.47. The van der Waals surface area contributed by atoms with Crippen molar-refractivity contribution in [3.05, 3.63) is 23.8 Å². The zero-order valence-electron chi connectivity index (χ0n) is 11.6. The number of nitrogens with one attached hydrogen (secondary N) is 1. The van der Waals surface area contributed by atoms with Crippen molar-refractivity contribution in [3.8, 4) is 11.5 Å². The highest BCUT2D eigenvalue weighted by molar-refractivity contribution is 5.85. The molecule has 2 aliphatic heterocycles. The number of para-hydroxylation sites is 1. The molecule has 0 amide bonds. The zero-order chi connectivity index (χ0) is 14.2. The number of fused-ring (bicyclic) bond motifs is 1. The van der Waals surface area contributed by atoms with Crippen LogP contribution in [-0.4, -0.2) is 44.0 Å². The third kappa shape index (κ3) is 3.71. The van der Waals surface area contributed by atoms with Gasteiger partial charge in [-0.05, 0) is 6.07 Å². The summed E-state index contributed by atoms with van der Waals surface area (Å²) >= 11 is 0. The van der Waals surface area contributed by atoms with E-state index in [4.69, 9.17) is 9.47 Å². The summed E-state index contributed by atoms with van der Waals surface area (Å²) in [5.41, 5.74) is 0.134. The molecule has 0 unspecified atom stereocenters. The largest absolute Gasteiger partial charge is 0.454 e. The molecule has 0 saturated carbocycles. The highest BCUT2D eigenvalue weighted by Crippen LogP contribution is 2.46. The van der Waals surface area contributed by atoms with Gasteiger partial charge in [0.15, 0.2) is 11.5 Å². The normalized spacial score (nSPS) is 19.0. The second-order valence-corrected chi connectivity index (χ2v) is 4.81. The van der Waals surface area contributed by atoms with Crippen molar-refractivity contribution in [2.75, 3.05) is 33.0 Å². The Morgan fingerprint density at radius 1 is 1.09 bits per heavy atom. The Hall–Kier alpha value is -0.890. The summed E-state index contributed by atoms with van der Waals surface area (Å²) in [6.07, 6.45) is -4.35. The maximum Gasteiger partial charge on any atom is 0.408 e. The van der Waals surface area contributed by atoms with Crippen LogP contribution in [-0.2, 0) is 0 Å². The van der Waals surface area contributed by atoms with Crippen molar-refractivity contribution in [2.24, 2.45) is 0 Å². The summed E-state index contributed by atoms with van der Waals surface area (Å²) in [7, 11) is 0. The van der Waals surface area contributed by atoms with Gasteiger partial charge in [0.05, 0.1) is 0 Å². The minimum absolute atomic E-state index is 0. The number of benzene rings is 1. The zero-order valence-corrected chi connectivity index (χ0v) is 13.2. The van der Waals surface area contributed by atoms with Crippen LogP contribution in [0.25, 0.3) is 0 Å². The van der Waals surface area contributed by atoms with E-state index in [0.717, 1.165) is 0 Å². The summed E-state index contributed by atoms with van der Waals surface area (Å²) in [6, 6.07) is 3.01. The van der Waals surface area contributed by atoms with Gasteiger partial charge in [-0.2, -0.15) is 13.2 Å². The number of alkyl halides is 3. The second-order valence-electron chi connectivity index (χ2n) is 4.81. The van der Waals surface area contributed by atoms with Crippen LogP contribution in [0.2, 0.25) is 0 Å². The van der Waals surface area contributed by atoms with Gasteiger partial charge in [0.25, 0.3) is 0 Å². The van der Waals surface area contributed by atoms with Crippen LogP contribution < -0.4 is 14.8 Å². The van der Waals surface area contributed by atoms with Crippen LogP contribution in [0.3, 0.4) is 0 Å². The summed E-state index contributed by atoms with van der Waals surface area (Å²) < 4.78 is 50.9. The van der Waals surface area contributed by atoms with Crippen molar-refractivity contribution in [3.63, 3.8) is 0 Å². The summed E-state index contributed by atoms with van der Waals surface area (Å²) in [5.74, 6) is 0.597. The number of nitrogens with zero attached hydrogens (tertiary/aromatic N) is 1. The molecule has 1 fully saturated rings. The Balaban J connectivity index is 0.00000121. The van der Waals surface area contributed by atoms with Crippen molar-refractivity contribution in [1.82, 2.24) is 10.2 Å². The molecular weight excluding hydrogens is 344 g/mol. The van der Waals surface area contributed by atoms with Crippen LogP contribution in [0.5, 0.6) is 11.5 Å². The van der Waals surface area contributed by atoms with Crippen LogP contribution >= 0.6 is 24.8 Å². The summed E-state index contributed by atoms with van der Waals surface area (Å²) in [4.78, 5) is 1.44. The van der Waals surface area contributed by atoms with Crippen molar-refractivity contribution >= 4 is 24.8 Å². The van der Waals surface area contributed by atoms with Gasteiger partial charge in [0.2, 0.25) is 6.79 Å². The fourth-order valence-electron chi connectivity index (χ4n) is 2.69. The van der Waals surface area contributed by atoms with E-state index in [1.807, 2.05) is 0 Å². The molecule has 0 spiro atoms. The molecule has 4 nitrogen and oxygen atoms in total. The Bertz CT molecular complexity index is 497. The van der Waals surface area contributed by atoms with Crippen molar-refractivity contribution in [2.45, 2.75) is 12.2 Å². The van der Waals surface area contributed by atoms with E-state index in [2.05, 4.69) is 5.32 Å². The average molecular weight is 361 g/mol. The monoisotopic (exact) mass is 360 g/mol. The first-order valence-electron chi connectivity index (χ1n) is 6.47. The second kappa shape index (κ2) is 7.59. The molecule has 1 aromatic rings. The van der Waals surface area contributed by atoms with E-state index in [-0.39, 0.29) is 42.9 Å². The van der Waals surface area contributed by atoms with Crippen LogP contribution in [0.15, 0.2) is 18.2 Å². The lowest BCUT2D eigenvalue weighted by Gasteiger charge is -2.36. The summed E-state index contributed by atoms with van der Waals surface area (Å²) in [5, 5.41) is 3.06. The first-order chi connectivity index (χ1) is 9.57. The molecule has 2 aliphatic rings. The minimum atomic E-state index is -4.35. The highest BCUT2D eigenvalue weighted by atomic mass is 35.5. The van der Waals surface area contributed by atoms with Crippen LogP contribution in [0.1, 0.15) is 11.6 Å². The van der Waals surface area contributed by atoms with Crippen LogP contribution in [0, 0.1) is 0 Å². The van der Waals surface area contributed by atoms with E-state index in [1.54, 1.807) is 12.1 Å². The first kappa shape index (κ1) is 19.2. The molecule has 0 aromatic heterocycles. The molecule has 2 heterocycles. The Labute approximate surface area is 138 Å². The molecule has 1 N–H and O–H groups in total. The maximum absolute atomic E-state index is 13.5. The van der Waals surface area contributed by atoms with Gasteiger partial charge < -0.3 is 14.8 Å². The average Bonchev–Trinajstić information content (AvgIpc) is 2.88. The molecule has 3 rings (SSSR count). The summed E-state index contributed by atoms with van der Waals surface area (Å²) in [6.45, 7) is 1.79. The minimum Gasteiger partial charge on any atom is -0.454 e. The van der Waals surface area contributed by atoms with Gasteiger partial charge in [0, 0.05) is 31.7 Å². The van der Waals surface area contributed by atoms with E-state index < -0.39 is 12.2 Å². The fraction of sp³-hybridized carbons (Fsp3) is 0.538. The Morgan fingerprint density at radius 2 is 1.77 bits per heavy atom. The molecule has 0 radical (unpaired) electrons. The lowest BCUT2D eigenvalue weighted by molar-refractivity contribution is -0.188. The molecule has 126 valence electrons. The predicted octanol–water partition coefficient (Wildman–Crippen LogP) is 2.77. The van der Waals surface area contributed by atoms with Gasteiger partial charge in [0.1, 0.15) is 6.04 Å². The third-order valence-electron chi connectivity index (χ3n) is 3.55. The van der Waals surface area contributed by atoms with E-state index >= 15 is 0 Å². The standard InChI is InChI=1S/C13H15F3N2O2.2ClH/c14-13(15,16)12(18-6-4-17-5-7-18)9-2-1-3-10-11(9)20-8-19-10;;/h1-3,12,17H,4-8H2;2*1H/t12-;;/m1../s1. The quantitative estimate of drug-likeness (QED) is 0.879. The van der Waals surface area contributed by atoms with Gasteiger partial charge in [-0.25, -0.2) is 0 Å². The predicted molar refractivity (Wildman–Crippen MR) is 80.3 cm³/mol. The molecule has 0 bridgehead atoms. The molecule has 0 aliphatic carbocycles. The topological polar surface area (TPSA) is 33.7 Å². The van der Waals surface area contributed by atoms with E-state index in [0.29, 0.717) is 31.9 Å². The highest BCUT2D eigenvalue weighted by Gasteiger charge is 2.47. The smallest absolute Gasteiger partial charge is 0.408 e. The lowest BCUT2D eigenvalue weighted by atomic mass is 10.0. The number of hydrogen-bond acceptors (Lipinski definition) is 4. The number of piperazine rings is 1. The lowest BCUT2D eigenvalue weighted by Crippen LogP contribution is -2.49. The van der Waals surface area contributed by atoms with Gasteiger partial charge >= 0.3 is 6.18 Å². The number of ether oxygens (including phenoxy) is 2. The Kier molecular flexibility index (Phi) is 6.61. The molecule has 1 atom stereocenters. The van der Waals surface area contributed by atoms with Gasteiger partial charge in [-0.15, -0.1) is 24.8 Å². The molecular formula is C13H17Cl2F3N2O2. The number of rotatable bonds is 2. The van der Waals surface area contributed by atoms with E-state index in [9.17, 15) is 13.2 Å². The molecule has 22 heavy (non-hydrogen) atoms.